The number of Topliss-reactive ketones (excluding diaryl/α,β-unsaturated/α-hetero) is 1. The lowest BCUT2D eigenvalue weighted by Crippen LogP contribution is -2.18. The van der Waals surface area contributed by atoms with E-state index in [0.717, 1.165) is 16.9 Å². The number of esters is 1. The molecule has 0 amide bonds. The molecule has 128 valence electrons. The molecule has 0 aliphatic rings. The van der Waals surface area contributed by atoms with E-state index in [4.69, 9.17) is 0 Å². The number of methoxy groups -OCH3 is 1. The fourth-order valence-corrected chi connectivity index (χ4v) is 4.81. The first-order valence-electron chi connectivity index (χ1n) is 6.98. The van der Waals surface area contributed by atoms with Crippen molar-refractivity contribution in [2.24, 2.45) is 0 Å². The van der Waals surface area contributed by atoms with Crippen molar-refractivity contribution in [2.45, 2.75) is 25.7 Å². The SMILES string of the molecule is COC(=O)c1sccc1S(=O)(=O)Nc1c(C)cc(C)cc1C(C)=O. The number of ketones is 1. The molecule has 1 N–H and O–H groups in total. The number of carbonyl (C=O) groups excluding carboxylic acids is 2. The zero-order valence-electron chi connectivity index (χ0n) is 13.7. The summed E-state index contributed by atoms with van der Waals surface area (Å²) < 4.78 is 32.4. The van der Waals surface area contributed by atoms with Gasteiger partial charge in [0.2, 0.25) is 0 Å². The number of sulfonamides is 1. The molecule has 0 atom stereocenters. The van der Waals surface area contributed by atoms with Gasteiger partial charge >= 0.3 is 5.97 Å². The van der Waals surface area contributed by atoms with E-state index in [1.165, 1.54) is 25.5 Å². The minimum Gasteiger partial charge on any atom is -0.465 e. The van der Waals surface area contributed by atoms with Crippen LogP contribution in [0.1, 0.15) is 38.1 Å². The number of hydrogen-bond acceptors (Lipinski definition) is 6. The van der Waals surface area contributed by atoms with Gasteiger partial charge in [-0.05, 0) is 49.4 Å². The molecule has 0 unspecified atom stereocenters. The molecular weight excluding hydrogens is 350 g/mol. The molecule has 24 heavy (non-hydrogen) atoms. The summed E-state index contributed by atoms with van der Waals surface area (Å²) in [5, 5.41) is 1.49. The largest absolute Gasteiger partial charge is 0.465 e. The number of hydrogen-bond donors (Lipinski definition) is 1. The summed E-state index contributed by atoms with van der Waals surface area (Å²) in [5.41, 5.74) is 1.98. The Labute approximate surface area is 144 Å². The van der Waals surface area contributed by atoms with Crippen LogP contribution in [0.2, 0.25) is 0 Å². The van der Waals surface area contributed by atoms with Crippen molar-refractivity contribution in [3.8, 4) is 0 Å². The van der Waals surface area contributed by atoms with Gasteiger partial charge in [0, 0.05) is 5.56 Å². The highest BCUT2D eigenvalue weighted by atomic mass is 32.2. The molecule has 0 saturated carbocycles. The Morgan fingerprint density at radius 3 is 2.46 bits per heavy atom. The Hall–Kier alpha value is -2.19. The van der Waals surface area contributed by atoms with Crippen LogP contribution in [0.25, 0.3) is 0 Å². The molecule has 8 heteroatoms. The molecule has 0 radical (unpaired) electrons. The summed E-state index contributed by atoms with van der Waals surface area (Å²) in [4.78, 5) is 23.4. The first kappa shape index (κ1) is 18.2. The zero-order chi connectivity index (χ0) is 18.1. The molecule has 1 aromatic carbocycles. The standard InChI is InChI=1S/C16H17NO5S2/c1-9-7-10(2)14(12(8-9)11(3)18)17-24(20,21)13-5-6-23-15(13)16(19)22-4/h5-8,17H,1-4H3. The zero-order valence-corrected chi connectivity index (χ0v) is 15.3. The first-order valence-corrected chi connectivity index (χ1v) is 9.34. The lowest BCUT2D eigenvalue weighted by molar-refractivity contribution is 0.0602. The van der Waals surface area contributed by atoms with Crippen LogP contribution in [0.5, 0.6) is 0 Å². The molecule has 0 bridgehead atoms. The second-order valence-corrected chi connectivity index (χ2v) is 7.84. The van der Waals surface area contributed by atoms with Crippen LogP contribution in [0.4, 0.5) is 5.69 Å². The van der Waals surface area contributed by atoms with Gasteiger partial charge < -0.3 is 4.74 Å². The van der Waals surface area contributed by atoms with Gasteiger partial charge in [0.15, 0.2) is 5.78 Å². The summed E-state index contributed by atoms with van der Waals surface area (Å²) in [6, 6.07) is 4.73. The average molecular weight is 367 g/mol. The van der Waals surface area contributed by atoms with Crippen molar-refractivity contribution in [3.63, 3.8) is 0 Å². The summed E-state index contributed by atoms with van der Waals surface area (Å²) in [6.45, 7) is 4.91. The Kier molecular flexibility index (Phi) is 5.10. The molecule has 1 aromatic heterocycles. The van der Waals surface area contributed by atoms with Gasteiger partial charge in [0.25, 0.3) is 10.0 Å². The van der Waals surface area contributed by atoms with Gasteiger partial charge in [0.1, 0.15) is 9.77 Å². The van der Waals surface area contributed by atoms with E-state index in [1.54, 1.807) is 19.1 Å². The molecule has 0 aliphatic carbocycles. The highest BCUT2D eigenvalue weighted by Gasteiger charge is 2.26. The highest BCUT2D eigenvalue weighted by Crippen LogP contribution is 2.29. The summed E-state index contributed by atoms with van der Waals surface area (Å²) >= 11 is 0.976. The Morgan fingerprint density at radius 1 is 1.21 bits per heavy atom. The van der Waals surface area contributed by atoms with Crippen LogP contribution in [0, 0.1) is 13.8 Å². The molecule has 1 heterocycles. The summed E-state index contributed by atoms with van der Waals surface area (Å²) in [5.74, 6) is -0.976. The van der Waals surface area contributed by atoms with Crippen molar-refractivity contribution in [2.75, 3.05) is 11.8 Å². The van der Waals surface area contributed by atoms with E-state index in [-0.39, 0.29) is 26.8 Å². The molecule has 0 aliphatic heterocycles. The predicted molar refractivity (Wildman–Crippen MR) is 92.4 cm³/mol. The normalized spacial score (nSPS) is 11.2. The van der Waals surface area contributed by atoms with Gasteiger partial charge in [-0.25, -0.2) is 13.2 Å². The van der Waals surface area contributed by atoms with E-state index in [1.807, 2.05) is 6.92 Å². The smallest absolute Gasteiger partial charge is 0.349 e. The van der Waals surface area contributed by atoms with E-state index >= 15 is 0 Å². The molecule has 6 nitrogen and oxygen atoms in total. The van der Waals surface area contributed by atoms with E-state index in [2.05, 4.69) is 9.46 Å². The number of anilines is 1. The summed E-state index contributed by atoms with van der Waals surface area (Å²) in [6.07, 6.45) is 0. The maximum Gasteiger partial charge on any atom is 0.349 e. The maximum atomic E-state index is 12.7. The number of benzene rings is 1. The average Bonchev–Trinajstić information content (AvgIpc) is 2.99. The third-order valence-corrected chi connectivity index (χ3v) is 5.80. The van der Waals surface area contributed by atoms with Gasteiger partial charge in [-0.1, -0.05) is 6.07 Å². The molecule has 2 aromatic rings. The minimum atomic E-state index is -4.04. The fraction of sp³-hybridized carbons (Fsp3) is 0.250. The monoisotopic (exact) mass is 367 g/mol. The van der Waals surface area contributed by atoms with Crippen LogP contribution >= 0.6 is 11.3 Å². The van der Waals surface area contributed by atoms with Crippen molar-refractivity contribution >= 4 is 38.8 Å². The lowest BCUT2D eigenvalue weighted by Gasteiger charge is -2.15. The van der Waals surface area contributed by atoms with Gasteiger partial charge in [0.05, 0.1) is 12.8 Å². The fourth-order valence-electron chi connectivity index (χ4n) is 2.32. The van der Waals surface area contributed by atoms with E-state index < -0.39 is 16.0 Å². The molecule has 0 saturated heterocycles. The second kappa shape index (κ2) is 6.74. The van der Waals surface area contributed by atoms with E-state index in [9.17, 15) is 18.0 Å². The van der Waals surface area contributed by atoms with Crippen LogP contribution < -0.4 is 4.72 Å². The first-order chi connectivity index (χ1) is 11.2. The van der Waals surface area contributed by atoms with Crippen molar-refractivity contribution in [3.05, 3.63) is 45.1 Å². The number of aryl methyl sites for hydroxylation is 2. The van der Waals surface area contributed by atoms with Gasteiger partial charge in [-0.15, -0.1) is 11.3 Å². The molecular formula is C16H17NO5S2. The quantitative estimate of drug-likeness (QED) is 0.648. The number of ether oxygens (including phenoxy) is 1. The Balaban J connectivity index is 2.54. The number of thiophene rings is 1. The Morgan fingerprint density at radius 2 is 1.88 bits per heavy atom. The van der Waals surface area contributed by atoms with Gasteiger partial charge in [-0.2, -0.15) is 0 Å². The maximum absolute atomic E-state index is 12.7. The topological polar surface area (TPSA) is 89.5 Å². The third-order valence-electron chi connectivity index (χ3n) is 3.38. The van der Waals surface area contributed by atoms with Crippen molar-refractivity contribution < 1.29 is 22.7 Å². The highest BCUT2D eigenvalue weighted by molar-refractivity contribution is 7.93. The van der Waals surface area contributed by atoms with Crippen LogP contribution in [-0.2, 0) is 14.8 Å². The van der Waals surface area contributed by atoms with E-state index in [0.29, 0.717) is 5.56 Å². The molecule has 0 fully saturated rings. The lowest BCUT2D eigenvalue weighted by atomic mass is 10.0. The van der Waals surface area contributed by atoms with Crippen LogP contribution in [0.15, 0.2) is 28.5 Å². The van der Waals surface area contributed by atoms with Crippen molar-refractivity contribution in [1.29, 1.82) is 0 Å². The number of rotatable bonds is 5. The van der Waals surface area contributed by atoms with Crippen LogP contribution in [-0.4, -0.2) is 27.3 Å². The van der Waals surface area contributed by atoms with Gasteiger partial charge in [-0.3, -0.25) is 9.52 Å². The van der Waals surface area contributed by atoms with Crippen LogP contribution in [0.3, 0.4) is 0 Å². The Bertz CT molecular complexity index is 913. The molecule has 0 spiro atoms. The third kappa shape index (κ3) is 3.49. The molecule has 2 rings (SSSR count). The van der Waals surface area contributed by atoms with Crippen molar-refractivity contribution in [1.82, 2.24) is 0 Å². The summed E-state index contributed by atoms with van der Waals surface area (Å²) in [7, 11) is -2.86. The second-order valence-electron chi connectivity index (χ2n) is 5.27. The number of nitrogens with one attached hydrogen (secondary N) is 1. The number of carbonyl (C=O) groups is 2. The predicted octanol–water partition coefficient (Wildman–Crippen LogP) is 3.15. The minimum absolute atomic E-state index is 0.0147.